The molecule has 0 fully saturated rings. The molecule has 1 amide bonds. The molecule has 1 rings (SSSR count). The van der Waals surface area contributed by atoms with Gasteiger partial charge in [-0.2, -0.15) is 5.10 Å². The van der Waals surface area contributed by atoms with Crippen LogP contribution >= 0.6 is 0 Å². The normalized spacial score (nSPS) is 10.0. The van der Waals surface area contributed by atoms with Gasteiger partial charge >= 0.3 is 0 Å². The topological polar surface area (TPSA) is 72.9 Å². The molecule has 13 heavy (non-hydrogen) atoms. The predicted octanol–water partition coefficient (Wildman–Crippen LogP) is 0.235. The Kier molecular flexibility index (Phi) is 2.89. The van der Waals surface area contributed by atoms with Crippen molar-refractivity contribution >= 4 is 11.7 Å². The number of carbonyl (C=O) groups excluding carboxylic acids is 1. The Balaban J connectivity index is 2.84. The molecule has 3 N–H and O–H groups in total. The molecule has 5 heteroatoms. The van der Waals surface area contributed by atoms with Gasteiger partial charge in [0.25, 0.3) is 5.91 Å². The van der Waals surface area contributed by atoms with E-state index in [1.54, 1.807) is 10.7 Å². The van der Waals surface area contributed by atoms with Crippen molar-refractivity contribution in [3.63, 3.8) is 0 Å². The van der Waals surface area contributed by atoms with Gasteiger partial charge in [0.05, 0.1) is 0 Å². The van der Waals surface area contributed by atoms with E-state index in [-0.39, 0.29) is 5.91 Å². The highest BCUT2D eigenvalue weighted by molar-refractivity contribution is 5.92. The minimum Gasteiger partial charge on any atom is -0.384 e. The molecule has 0 atom stereocenters. The Morgan fingerprint density at radius 3 is 2.85 bits per heavy atom. The van der Waals surface area contributed by atoms with Gasteiger partial charge in [0.1, 0.15) is 5.82 Å². The van der Waals surface area contributed by atoms with Gasteiger partial charge < -0.3 is 11.1 Å². The van der Waals surface area contributed by atoms with Crippen molar-refractivity contribution in [1.29, 1.82) is 0 Å². The fourth-order valence-corrected chi connectivity index (χ4v) is 1.05. The Hall–Kier alpha value is -1.52. The van der Waals surface area contributed by atoms with E-state index in [9.17, 15) is 4.79 Å². The van der Waals surface area contributed by atoms with Gasteiger partial charge in [-0.25, -0.2) is 4.68 Å². The highest BCUT2D eigenvalue weighted by Crippen LogP contribution is 2.05. The van der Waals surface area contributed by atoms with Crippen LogP contribution in [-0.2, 0) is 6.54 Å². The van der Waals surface area contributed by atoms with Crippen LogP contribution in [0.4, 0.5) is 5.82 Å². The van der Waals surface area contributed by atoms with E-state index in [1.165, 1.54) is 0 Å². The number of carbonyl (C=O) groups is 1. The van der Waals surface area contributed by atoms with Gasteiger partial charge in [0.15, 0.2) is 5.69 Å². The fraction of sp³-hybridized carbons (Fsp3) is 0.500. The van der Waals surface area contributed by atoms with Crippen LogP contribution in [0.5, 0.6) is 0 Å². The fourth-order valence-electron chi connectivity index (χ4n) is 1.05. The average Bonchev–Trinajstić information content (AvgIpc) is 2.47. The summed E-state index contributed by atoms with van der Waals surface area (Å²) in [5.41, 5.74) is 5.98. The lowest BCUT2D eigenvalue weighted by molar-refractivity contribution is 0.0950. The third-order valence-corrected chi connectivity index (χ3v) is 1.68. The molecular formula is C8H14N4O. The summed E-state index contributed by atoms with van der Waals surface area (Å²) < 4.78 is 1.59. The molecule has 0 saturated carbocycles. The lowest BCUT2D eigenvalue weighted by Crippen LogP contribution is -2.23. The largest absolute Gasteiger partial charge is 0.384 e. The van der Waals surface area contributed by atoms with Gasteiger partial charge in [-0.3, -0.25) is 4.79 Å². The zero-order valence-corrected chi connectivity index (χ0v) is 7.87. The summed E-state index contributed by atoms with van der Waals surface area (Å²) in [4.78, 5) is 11.3. The summed E-state index contributed by atoms with van der Waals surface area (Å²) >= 11 is 0. The van der Waals surface area contributed by atoms with E-state index in [0.717, 1.165) is 0 Å². The Labute approximate surface area is 76.9 Å². The van der Waals surface area contributed by atoms with Gasteiger partial charge in [-0.05, 0) is 13.8 Å². The molecule has 0 spiro atoms. The Morgan fingerprint density at radius 1 is 1.69 bits per heavy atom. The third-order valence-electron chi connectivity index (χ3n) is 1.68. The van der Waals surface area contributed by atoms with Crippen molar-refractivity contribution < 1.29 is 4.79 Å². The predicted molar refractivity (Wildman–Crippen MR) is 50.3 cm³/mol. The maximum Gasteiger partial charge on any atom is 0.271 e. The SMILES string of the molecule is CCNC(=O)c1cc(N)n(CC)n1. The van der Waals surface area contributed by atoms with E-state index in [0.29, 0.717) is 24.6 Å². The number of rotatable bonds is 3. The smallest absolute Gasteiger partial charge is 0.271 e. The van der Waals surface area contributed by atoms with E-state index in [4.69, 9.17) is 5.73 Å². The summed E-state index contributed by atoms with van der Waals surface area (Å²) in [6.07, 6.45) is 0. The second-order valence-corrected chi connectivity index (χ2v) is 2.63. The second kappa shape index (κ2) is 3.93. The lowest BCUT2D eigenvalue weighted by atomic mass is 10.4. The number of hydrogen-bond acceptors (Lipinski definition) is 3. The first kappa shape index (κ1) is 9.57. The van der Waals surface area contributed by atoms with Crippen LogP contribution in [0, 0.1) is 0 Å². The maximum absolute atomic E-state index is 11.3. The van der Waals surface area contributed by atoms with Crippen LogP contribution in [0.25, 0.3) is 0 Å². The van der Waals surface area contributed by atoms with Crippen LogP contribution in [0.15, 0.2) is 6.07 Å². The van der Waals surface area contributed by atoms with Crippen molar-refractivity contribution in [2.75, 3.05) is 12.3 Å². The van der Waals surface area contributed by atoms with E-state index < -0.39 is 0 Å². The first-order chi connectivity index (χ1) is 6.19. The molecule has 0 bridgehead atoms. The summed E-state index contributed by atoms with van der Waals surface area (Å²) in [6, 6.07) is 1.58. The first-order valence-electron chi connectivity index (χ1n) is 4.30. The minimum atomic E-state index is -0.179. The summed E-state index contributed by atoms with van der Waals surface area (Å²) in [7, 11) is 0. The zero-order chi connectivity index (χ0) is 9.84. The number of nitrogens with two attached hydrogens (primary N) is 1. The number of amides is 1. The molecule has 1 aromatic heterocycles. The molecule has 0 aromatic carbocycles. The van der Waals surface area contributed by atoms with E-state index in [2.05, 4.69) is 10.4 Å². The number of nitrogen functional groups attached to an aromatic ring is 1. The number of aromatic nitrogens is 2. The Morgan fingerprint density at radius 2 is 2.38 bits per heavy atom. The molecule has 5 nitrogen and oxygen atoms in total. The van der Waals surface area contributed by atoms with Crippen molar-refractivity contribution in [2.45, 2.75) is 20.4 Å². The molecule has 0 aliphatic heterocycles. The number of anilines is 1. The first-order valence-corrected chi connectivity index (χ1v) is 4.30. The molecule has 1 aromatic rings. The molecule has 0 aliphatic rings. The van der Waals surface area contributed by atoms with Crippen LogP contribution < -0.4 is 11.1 Å². The second-order valence-electron chi connectivity index (χ2n) is 2.63. The summed E-state index contributed by atoms with van der Waals surface area (Å²) in [5.74, 6) is 0.338. The summed E-state index contributed by atoms with van der Waals surface area (Å²) in [5, 5.41) is 6.68. The van der Waals surface area contributed by atoms with Crippen molar-refractivity contribution in [3.05, 3.63) is 11.8 Å². The maximum atomic E-state index is 11.3. The van der Waals surface area contributed by atoms with Gasteiger partial charge in [-0.15, -0.1) is 0 Å². The lowest BCUT2D eigenvalue weighted by Gasteiger charge is -1.97. The molecule has 0 unspecified atom stereocenters. The number of nitrogens with one attached hydrogen (secondary N) is 1. The van der Waals surface area contributed by atoms with Crippen molar-refractivity contribution in [1.82, 2.24) is 15.1 Å². The number of hydrogen-bond donors (Lipinski definition) is 2. The van der Waals surface area contributed by atoms with Crippen molar-refractivity contribution in [2.24, 2.45) is 0 Å². The van der Waals surface area contributed by atoms with Gasteiger partial charge in [0.2, 0.25) is 0 Å². The van der Waals surface area contributed by atoms with Gasteiger partial charge in [-0.1, -0.05) is 0 Å². The third kappa shape index (κ3) is 1.99. The molecule has 0 saturated heterocycles. The van der Waals surface area contributed by atoms with E-state index >= 15 is 0 Å². The van der Waals surface area contributed by atoms with Crippen molar-refractivity contribution in [3.8, 4) is 0 Å². The summed E-state index contributed by atoms with van der Waals surface area (Å²) in [6.45, 7) is 5.05. The average molecular weight is 182 g/mol. The highest BCUT2D eigenvalue weighted by Gasteiger charge is 2.10. The van der Waals surface area contributed by atoms with E-state index in [1.807, 2.05) is 13.8 Å². The standard InChI is InChI=1S/C8H14N4O/c1-3-10-8(13)6-5-7(9)12(4-2)11-6/h5H,3-4,9H2,1-2H3,(H,10,13). The number of nitrogens with zero attached hydrogens (tertiary/aromatic N) is 2. The Bertz CT molecular complexity index is 305. The van der Waals surface area contributed by atoms with Gasteiger partial charge in [0, 0.05) is 19.2 Å². The van der Waals surface area contributed by atoms with Crippen LogP contribution in [-0.4, -0.2) is 22.2 Å². The highest BCUT2D eigenvalue weighted by atomic mass is 16.1. The zero-order valence-electron chi connectivity index (χ0n) is 7.87. The molecule has 0 aliphatic carbocycles. The molecule has 1 heterocycles. The minimum absolute atomic E-state index is 0.179. The number of aryl methyl sites for hydroxylation is 1. The van der Waals surface area contributed by atoms with Crippen LogP contribution in [0.1, 0.15) is 24.3 Å². The van der Waals surface area contributed by atoms with Crippen LogP contribution in [0.3, 0.4) is 0 Å². The van der Waals surface area contributed by atoms with Crippen LogP contribution in [0.2, 0.25) is 0 Å². The quantitative estimate of drug-likeness (QED) is 0.703. The monoisotopic (exact) mass is 182 g/mol. The molecular weight excluding hydrogens is 168 g/mol. The molecule has 72 valence electrons. The molecule has 0 radical (unpaired) electrons.